The molecule has 1 aromatic rings. The summed E-state index contributed by atoms with van der Waals surface area (Å²) in [7, 11) is 0. The Bertz CT molecular complexity index is 421. The van der Waals surface area contributed by atoms with Crippen LogP contribution in [0.2, 0.25) is 0 Å². The molecule has 2 atom stereocenters. The van der Waals surface area contributed by atoms with Gasteiger partial charge >= 0.3 is 0 Å². The first-order valence-electron chi connectivity index (χ1n) is 7.39. The number of phenolic OH excluding ortho intramolecular Hbond substituents is 1. The van der Waals surface area contributed by atoms with Gasteiger partial charge in [-0.15, -0.1) is 0 Å². The highest BCUT2D eigenvalue weighted by Gasteiger charge is 2.13. The molecule has 1 aromatic carbocycles. The van der Waals surface area contributed by atoms with Crippen molar-refractivity contribution in [1.82, 2.24) is 10.6 Å². The van der Waals surface area contributed by atoms with Crippen LogP contribution in [0.1, 0.15) is 51.6 Å². The van der Waals surface area contributed by atoms with Crippen molar-refractivity contribution >= 4 is 5.91 Å². The summed E-state index contributed by atoms with van der Waals surface area (Å²) in [5, 5.41) is 16.1. The molecule has 0 radical (unpaired) electrons. The number of nitrogens with one attached hydrogen (secondary N) is 2. The number of aromatic hydroxyl groups is 1. The lowest BCUT2D eigenvalue weighted by Crippen LogP contribution is -2.34. The Labute approximate surface area is 121 Å². The lowest BCUT2D eigenvalue weighted by atomic mass is 10.0. The van der Waals surface area contributed by atoms with Crippen LogP contribution in [0.5, 0.6) is 5.75 Å². The number of hydrogen-bond donors (Lipinski definition) is 3. The van der Waals surface area contributed by atoms with Crippen molar-refractivity contribution in [3.63, 3.8) is 0 Å². The number of benzene rings is 1. The van der Waals surface area contributed by atoms with E-state index in [9.17, 15) is 9.90 Å². The van der Waals surface area contributed by atoms with E-state index in [0.29, 0.717) is 18.7 Å². The topological polar surface area (TPSA) is 61.4 Å². The Balaban J connectivity index is 2.43. The molecule has 0 aliphatic carbocycles. The van der Waals surface area contributed by atoms with Gasteiger partial charge in [0.25, 0.3) is 0 Å². The van der Waals surface area contributed by atoms with Crippen LogP contribution in [-0.4, -0.2) is 23.6 Å². The number of phenols is 1. The van der Waals surface area contributed by atoms with Crippen LogP contribution in [-0.2, 0) is 4.79 Å². The summed E-state index contributed by atoms with van der Waals surface area (Å²) in [5.74, 6) is 0.370. The Morgan fingerprint density at radius 3 is 2.55 bits per heavy atom. The lowest BCUT2D eigenvalue weighted by Gasteiger charge is -2.19. The number of amides is 1. The van der Waals surface area contributed by atoms with E-state index in [0.717, 1.165) is 18.4 Å². The van der Waals surface area contributed by atoms with Gasteiger partial charge in [0.1, 0.15) is 5.75 Å². The van der Waals surface area contributed by atoms with Crippen molar-refractivity contribution < 1.29 is 9.90 Å². The lowest BCUT2D eigenvalue weighted by molar-refractivity contribution is -0.121. The minimum absolute atomic E-state index is 0.0685. The summed E-state index contributed by atoms with van der Waals surface area (Å²) in [6.07, 6.45) is 2.26. The van der Waals surface area contributed by atoms with Crippen molar-refractivity contribution in [3.05, 3.63) is 29.8 Å². The molecule has 0 fully saturated rings. The first kappa shape index (κ1) is 16.5. The first-order valence-corrected chi connectivity index (χ1v) is 7.39. The van der Waals surface area contributed by atoms with Gasteiger partial charge in [-0.25, -0.2) is 0 Å². The average Bonchev–Trinajstić information content (AvgIpc) is 2.44. The van der Waals surface area contributed by atoms with Crippen LogP contribution in [0.3, 0.4) is 0 Å². The third-order valence-electron chi connectivity index (χ3n) is 3.48. The van der Waals surface area contributed by atoms with Crippen LogP contribution < -0.4 is 10.6 Å². The van der Waals surface area contributed by atoms with Gasteiger partial charge in [-0.2, -0.15) is 0 Å². The second kappa shape index (κ2) is 8.59. The molecule has 2 unspecified atom stereocenters. The van der Waals surface area contributed by atoms with Crippen molar-refractivity contribution in [1.29, 1.82) is 0 Å². The number of carbonyl (C=O) groups is 1. The molecule has 1 amide bonds. The van der Waals surface area contributed by atoms with Crippen LogP contribution >= 0.6 is 0 Å². The van der Waals surface area contributed by atoms with Gasteiger partial charge in [0.15, 0.2) is 0 Å². The minimum Gasteiger partial charge on any atom is -0.508 e. The van der Waals surface area contributed by atoms with E-state index >= 15 is 0 Å². The molecule has 1 rings (SSSR count). The monoisotopic (exact) mass is 278 g/mol. The van der Waals surface area contributed by atoms with Gasteiger partial charge in [0.05, 0.1) is 0 Å². The Kier molecular flexibility index (Phi) is 7.09. The molecule has 0 saturated heterocycles. The van der Waals surface area contributed by atoms with Crippen molar-refractivity contribution in [2.45, 2.75) is 52.1 Å². The van der Waals surface area contributed by atoms with Gasteiger partial charge in [-0.3, -0.25) is 4.79 Å². The summed E-state index contributed by atoms with van der Waals surface area (Å²) < 4.78 is 0. The number of carbonyl (C=O) groups excluding carboxylic acids is 1. The van der Waals surface area contributed by atoms with Crippen molar-refractivity contribution in [2.24, 2.45) is 0 Å². The van der Waals surface area contributed by atoms with Gasteiger partial charge in [-0.1, -0.05) is 32.0 Å². The average molecular weight is 278 g/mol. The molecule has 3 N–H and O–H groups in total. The SMILES string of the molecule is CCC(C)NC(=O)CCNC(CC)c1ccccc1O. The molecule has 0 aliphatic heterocycles. The number of rotatable bonds is 8. The van der Waals surface area contributed by atoms with Gasteiger partial charge in [0, 0.05) is 30.6 Å². The molecular formula is C16H26N2O2. The molecule has 4 heteroatoms. The summed E-state index contributed by atoms with van der Waals surface area (Å²) in [6.45, 7) is 6.72. The van der Waals surface area contributed by atoms with Crippen LogP contribution in [0.4, 0.5) is 0 Å². The van der Waals surface area contributed by atoms with E-state index in [1.54, 1.807) is 6.07 Å². The second-order valence-corrected chi connectivity index (χ2v) is 5.10. The summed E-state index contributed by atoms with van der Waals surface area (Å²) >= 11 is 0. The molecular weight excluding hydrogens is 252 g/mol. The molecule has 0 saturated carbocycles. The molecule has 0 spiro atoms. The molecule has 112 valence electrons. The molecule has 4 nitrogen and oxygen atoms in total. The maximum absolute atomic E-state index is 11.7. The zero-order valence-electron chi connectivity index (χ0n) is 12.6. The van der Waals surface area contributed by atoms with E-state index in [1.807, 2.05) is 25.1 Å². The normalized spacial score (nSPS) is 13.8. The largest absolute Gasteiger partial charge is 0.508 e. The molecule has 0 bridgehead atoms. The predicted molar refractivity (Wildman–Crippen MR) is 81.7 cm³/mol. The van der Waals surface area contributed by atoms with E-state index in [-0.39, 0.29) is 18.0 Å². The van der Waals surface area contributed by atoms with E-state index in [2.05, 4.69) is 24.5 Å². The first-order chi connectivity index (χ1) is 9.58. The van der Waals surface area contributed by atoms with Gasteiger partial charge < -0.3 is 15.7 Å². The fraction of sp³-hybridized carbons (Fsp3) is 0.562. The van der Waals surface area contributed by atoms with Crippen LogP contribution in [0, 0.1) is 0 Å². The molecule has 0 aromatic heterocycles. The highest BCUT2D eigenvalue weighted by atomic mass is 16.3. The van der Waals surface area contributed by atoms with Crippen LogP contribution in [0.15, 0.2) is 24.3 Å². The van der Waals surface area contributed by atoms with E-state index in [4.69, 9.17) is 0 Å². The Hall–Kier alpha value is -1.55. The van der Waals surface area contributed by atoms with Crippen LogP contribution in [0.25, 0.3) is 0 Å². The van der Waals surface area contributed by atoms with E-state index < -0.39 is 0 Å². The zero-order chi connectivity index (χ0) is 15.0. The number of hydrogen-bond acceptors (Lipinski definition) is 3. The highest BCUT2D eigenvalue weighted by Crippen LogP contribution is 2.25. The predicted octanol–water partition coefficient (Wildman–Crippen LogP) is 2.74. The fourth-order valence-electron chi connectivity index (χ4n) is 2.07. The maximum Gasteiger partial charge on any atom is 0.221 e. The molecule has 20 heavy (non-hydrogen) atoms. The minimum atomic E-state index is 0.0685. The van der Waals surface area contributed by atoms with Crippen molar-refractivity contribution in [3.8, 4) is 5.75 Å². The second-order valence-electron chi connectivity index (χ2n) is 5.10. The zero-order valence-corrected chi connectivity index (χ0v) is 12.6. The number of para-hydroxylation sites is 1. The fourth-order valence-corrected chi connectivity index (χ4v) is 2.07. The summed E-state index contributed by atoms with van der Waals surface area (Å²) in [6, 6.07) is 7.63. The third-order valence-corrected chi connectivity index (χ3v) is 3.48. The van der Waals surface area contributed by atoms with Gasteiger partial charge in [0.2, 0.25) is 5.91 Å². The summed E-state index contributed by atoms with van der Waals surface area (Å²) in [5.41, 5.74) is 0.886. The third kappa shape index (κ3) is 5.21. The maximum atomic E-state index is 11.7. The summed E-state index contributed by atoms with van der Waals surface area (Å²) in [4.78, 5) is 11.7. The Morgan fingerprint density at radius 1 is 1.25 bits per heavy atom. The molecule has 0 aliphatic rings. The van der Waals surface area contributed by atoms with Gasteiger partial charge in [-0.05, 0) is 25.8 Å². The highest BCUT2D eigenvalue weighted by molar-refractivity contribution is 5.76. The Morgan fingerprint density at radius 2 is 1.95 bits per heavy atom. The van der Waals surface area contributed by atoms with Crippen molar-refractivity contribution in [2.75, 3.05) is 6.54 Å². The molecule has 0 heterocycles. The quantitative estimate of drug-likeness (QED) is 0.685. The smallest absolute Gasteiger partial charge is 0.221 e. The van der Waals surface area contributed by atoms with E-state index in [1.165, 1.54) is 0 Å². The standard InChI is InChI=1S/C16H26N2O2/c1-4-12(3)18-16(20)10-11-17-14(5-2)13-8-6-7-9-15(13)19/h6-9,12,14,17,19H,4-5,10-11H2,1-3H3,(H,18,20).